The summed E-state index contributed by atoms with van der Waals surface area (Å²) in [5.74, 6) is -0.0710. The van der Waals surface area contributed by atoms with Crippen molar-refractivity contribution in [2.24, 2.45) is 0 Å². The van der Waals surface area contributed by atoms with Gasteiger partial charge in [0, 0.05) is 6.42 Å². The quantitative estimate of drug-likeness (QED) is 0.0423. The summed E-state index contributed by atoms with van der Waals surface area (Å²) in [5.41, 5.74) is 0. The third kappa shape index (κ3) is 45.7. The Morgan fingerprint density at radius 3 is 1.00 bits per heavy atom. The molecule has 4 heteroatoms. The van der Waals surface area contributed by atoms with Crippen molar-refractivity contribution in [3.8, 4) is 0 Å². The number of unbranched alkanes of at least 4 members (excludes halogenated alkanes) is 37. The average Bonchev–Trinajstić information content (AvgIpc) is 3.23. The van der Waals surface area contributed by atoms with E-state index in [9.17, 15) is 15.0 Å². The molecule has 0 saturated heterocycles. The molecule has 0 radical (unpaired) electrons. The van der Waals surface area contributed by atoms with Crippen molar-refractivity contribution in [3.63, 3.8) is 0 Å². The number of carbonyl (C=O) groups excluding carboxylic acids is 1. The van der Waals surface area contributed by atoms with Crippen molar-refractivity contribution in [1.29, 1.82) is 0 Å². The van der Waals surface area contributed by atoms with Gasteiger partial charge in [-0.1, -0.05) is 256 Å². The Morgan fingerprint density at radius 2 is 0.672 bits per heavy atom. The number of allylic oxidation sites excluding steroid dienone is 5. The molecule has 0 aliphatic carbocycles. The number of amides is 1. The number of aliphatic hydroxyl groups is 2. The first-order valence-corrected chi connectivity index (χ1v) is 26.2. The van der Waals surface area contributed by atoms with Gasteiger partial charge in [0.2, 0.25) is 5.91 Å². The second-order valence-electron chi connectivity index (χ2n) is 17.9. The maximum atomic E-state index is 12.4. The zero-order valence-corrected chi connectivity index (χ0v) is 39.3. The first-order chi connectivity index (χ1) is 28.7. The standard InChI is InChI=1S/C54H103NO3/c1-3-5-7-9-11-13-15-17-19-21-22-23-24-25-26-27-28-29-30-31-32-34-36-38-40-42-44-46-48-50-54(58)55-52(51-56)53(57)49-47-45-43-41-39-37-35-33-20-18-16-14-12-10-8-6-4-2/h25-26,39,41,47,49,52-53,56-57H,3-24,27-38,40,42-46,48,50-51H2,1-2H3,(H,55,58)/b26-25-,41-39+,49-47+. The van der Waals surface area contributed by atoms with Gasteiger partial charge in [-0.15, -0.1) is 0 Å². The van der Waals surface area contributed by atoms with Gasteiger partial charge in [0.1, 0.15) is 0 Å². The summed E-state index contributed by atoms with van der Waals surface area (Å²) in [6.45, 7) is 4.32. The van der Waals surface area contributed by atoms with Crippen molar-refractivity contribution in [2.45, 2.75) is 296 Å². The minimum absolute atomic E-state index is 0.0710. The average molecular weight is 814 g/mol. The van der Waals surface area contributed by atoms with Gasteiger partial charge in [0.15, 0.2) is 0 Å². The number of hydrogen-bond acceptors (Lipinski definition) is 3. The molecule has 0 saturated carbocycles. The zero-order valence-electron chi connectivity index (χ0n) is 39.3. The number of aliphatic hydroxyl groups excluding tert-OH is 2. The smallest absolute Gasteiger partial charge is 0.220 e. The van der Waals surface area contributed by atoms with Crippen molar-refractivity contribution < 1.29 is 15.0 Å². The molecule has 58 heavy (non-hydrogen) atoms. The molecule has 2 atom stereocenters. The van der Waals surface area contributed by atoms with Gasteiger partial charge in [0.05, 0.1) is 18.8 Å². The molecule has 0 aromatic carbocycles. The summed E-state index contributed by atoms with van der Waals surface area (Å²) >= 11 is 0. The minimum Gasteiger partial charge on any atom is -0.394 e. The lowest BCUT2D eigenvalue weighted by atomic mass is 10.0. The highest BCUT2D eigenvalue weighted by Crippen LogP contribution is 2.16. The van der Waals surface area contributed by atoms with E-state index in [0.29, 0.717) is 6.42 Å². The van der Waals surface area contributed by atoms with Crippen LogP contribution >= 0.6 is 0 Å². The van der Waals surface area contributed by atoms with Crippen LogP contribution in [0.1, 0.15) is 284 Å². The maximum absolute atomic E-state index is 12.4. The number of nitrogens with one attached hydrogen (secondary N) is 1. The zero-order chi connectivity index (χ0) is 42.1. The van der Waals surface area contributed by atoms with E-state index in [0.717, 1.165) is 32.1 Å². The first kappa shape index (κ1) is 56.6. The van der Waals surface area contributed by atoms with Gasteiger partial charge in [-0.25, -0.2) is 0 Å². The Morgan fingerprint density at radius 1 is 0.397 bits per heavy atom. The molecule has 342 valence electrons. The van der Waals surface area contributed by atoms with Crippen LogP contribution in [0, 0.1) is 0 Å². The van der Waals surface area contributed by atoms with Crippen LogP contribution in [0.25, 0.3) is 0 Å². The summed E-state index contributed by atoms with van der Waals surface area (Å²) in [4.78, 5) is 12.4. The molecule has 0 aromatic rings. The van der Waals surface area contributed by atoms with Crippen molar-refractivity contribution >= 4 is 5.91 Å². The van der Waals surface area contributed by atoms with E-state index in [2.05, 4.69) is 43.5 Å². The lowest BCUT2D eigenvalue weighted by Crippen LogP contribution is -2.45. The first-order valence-electron chi connectivity index (χ1n) is 26.2. The summed E-state index contributed by atoms with van der Waals surface area (Å²) in [6.07, 6.45) is 67.2. The lowest BCUT2D eigenvalue weighted by Gasteiger charge is -2.19. The van der Waals surface area contributed by atoms with Crippen LogP contribution < -0.4 is 5.32 Å². The monoisotopic (exact) mass is 814 g/mol. The summed E-state index contributed by atoms with van der Waals surface area (Å²) < 4.78 is 0. The third-order valence-corrected chi connectivity index (χ3v) is 12.1. The molecule has 0 heterocycles. The highest BCUT2D eigenvalue weighted by Gasteiger charge is 2.17. The Labute approximate surface area is 363 Å². The van der Waals surface area contributed by atoms with Crippen LogP contribution in [0.15, 0.2) is 36.5 Å². The van der Waals surface area contributed by atoms with Gasteiger partial charge >= 0.3 is 0 Å². The topological polar surface area (TPSA) is 69.6 Å². The minimum atomic E-state index is -0.861. The van der Waals surface area contributed by atoms with Crippen LogP contribution in [0.4, 0.5) is 0 Å². The van der Waals surface area contributed by atoms with E-state index in [1.165, 1.54) is 231 Å². The summed E-state index contributed by atoms with van der Waals surface area (Å²) in [5, 5.41) is 23.1. The molecule has 0 rings (SSSR count). The van der Waals surface area contributed by atoms with E-state index in [1.54, 1.807) is 6.08 Å². The normalized spacial score (nSPS) is 13.1. The Hall–Kier alpha value is -1.39. The van der Waals surface area contributed by atoms with Crippen LogP contribution in [0.5, 0.6) is 0 Å². The summed E-state index contributed by atoms with van der Waals surface area (Å²) in [6, 6.07) is -0.638. The fraction of sp³-hybridized carbons (Fsp3) is 0.870. The predicted octanol–water partition coefficient (Wildman–Crippen LogP) is 16.9. The van der Waals surface area contributed by atoms with Crippen molar-refractivity contribution in [2.75, 3.05) is 6.61 Å². The molecular weight excluding hydrogens is 711 g/mol. The Bertz CT molecular complexity index is 882. The predicted molar refractivity (Wildman–Crippen MR) is 258 cm³/mol. The number of hydrogen-bond donors (Lipinski definition) is 3. The highest BCUT2D eigenvalue weighted by atomic mass is 16.3. The fourth-order valence-electron chi connectivity index (χ4n) is 8.07. The lowest BCUT2D eigenvalue weighted by molar-refractivity contribution is -0.123. The van der Waals surface area contributed by atoms with E-state index in [4.69, 9.17) is 0 Å². The van der Waals surface area contributed by atoms with Crippen LogP contribution in [0.2, 0.25) is 0 Å². The molecule has 2 unspecified atom stereocenters. The maximum Gasteiger partial charge on any atom is 0.220 e. The van der Waals surface area contributed by atoms with Crippen molar-refractivity contribution in [3.05, 3.63) is 36.5 Å². The molecule has 1 amide bonds. The Balaban J connectivity index is 3.50. The fourth-order valence-corrected chi connectivity index (χ4v) is 8.07. The molecule has 0 bridgehead atoms. The number of rotatable bonds is 48. The molecule has 0 aliphatic heterocycles. The SMILES string of the molecule is CCCCCCCCCCCCC/C=C/CC/C=C/C(O)C(CO)NC(=O)CCCCCCCCCCCCCCC/C=C\CCCCCCCCCCCCCC. The second-order valence-corrected chi connectivity index (χ2v) is 17.9. The summed E-state index contributed by atoms with van der Waals surface area (Å²) in [7, 11) is 0. The highest BCUT2D eigenvalue weighted by molar-refractivity contribution is 5.76. The molecule has 0 fully saturated rings. The second kappa shape index (κ2) is 50.0. The van der Waals surface area contributed by atoms with Gasteiger partial charge in [-0.05, 0) is 57.8 Å². The van der Waals surface area contributed by atoms with E-state index in [-0.39, 0.29) is 12.5 Å². The molecule has 0 aromatic heterocycles. The number of carbonyl (C=O) groups is 1. The van der Waals surface area contributed by atoms with E-state index < -0.39 is 12.1 Å². The van der Waals surface area contributed by atoms with Gasteiger partial charge < -0.3 is 15.5 Å². The van der Waals surface area contributed by atoms with E-state index >= 15 is 0 Å². The van der Waals surface area contributed by atoms with E-state index in [1.807, 2.05) is 6.08 Å². The molecular formula is C54H103NO3. The van der Waals surface area contributed by atoms with Crippen molar-refractivity contribution in [1.82, 2.24) is 5.32 Å². The largest absolute Gasteiger partial charge is 0.394 e. The third-order valence-electron chi connectivity index (χ3n) is 12.1. The van der Waals surface area contributed by atoms with Crippen LogP contribution in [0.3, 0.4) is 0 Å². The van der Waals surface area contributed by atoms with Gasteiger partial charge in [-0.3, -0.25) is 4.79 Å². The molecule has 3 N–H and O–H groups in total. The molecule has 0 spiro atoms. The molecule has 0 aliphatic rings. The van der Waals surface area contributed by atoms with Crippen LogP contribution in [-0.2, 0) is 4.79 Å². The Kier molecular flexibility index (Phi) is 48.8. The molecule has 4 nitrogen and oxygen atoms in total. The van der Waals surface area contributed by atoms with Crippen LogP contribution in [-0.4, -0.2) is 34.9 Å². The van der Waals surface area contributed by atoms with Gasteiger partial charge in [0.25, 0.3) is 0 Å². The van der Waals surface area contributed by atoms with Gasteiger partial charge in [-0.2, -0.15) is 0 Å².